The Morgan fingerprint density at radius 2 is 0.812 bits per heavy atom. The molecule has 0 rings (SSSR count). The molecular weight excluding hydrogens is 590 g/mol. The summed E-state index contributed by atoms with van der Waals surface area (Å²) in [7, 11) is 6.89. The van der Waals surface area contributed by atoms with E-state index < -0.39 is 6.10 Å². The smallest absolute Gasteiger partial charge is 0.115 e. The van der Waals surface area contributed by atoms with Crippen molar-refractivity contribution in [1.82, 2.24) is 0 Å². The fourth-order valence-corrected chi connectivity index (χ4v) is 6.94. The molecular formula is C44H88NO3+. The molecule has 0 amide bonds. The maximum absolute atomic E-state index is 10.0. The van der Waals surface area contributed by atoms with E-state index >= 15 is 0 Å². The van der Waals surface area contributed by atoms with Crippen molar-refractivity contribution in [3.63, 3.8) is 0 Å². The number of aliphatic hydroxyl groups is 2. The largest absolute Gasteiger partial charge is 0.394 e. The maximum atomic E-state index is 10.0. The van der Waals surface area contributed by atoms with E-state index in [0.29, 0.717) is 6.04 Å². The topological polar surface area (TPSA) is 49.7 Å². The van der Waals surface area contributed by atoms with Crippen LogP contribution in [-0.2, 0) is 4.74 Å². The first-order valence-electron chi connectivity index (χ1n) is 21.4. The summed E-state index contributed by atoms with van der Waals surface area (Å²) in [5.41, 5.74) is 0. The number of nitrogens with zero attached hydrogens (tertiary/aromatic N) is 1. The summed E-state index contributed by atoms with van der Waals surface area (Å²) < 4.78 is 7.23. The van der Waals surface area contributed by atoms with Gasteiger partial charge >= 0.3 is 0 Å². The van der Waals surface area contributed by atoms with E-state index in [2.05, 4.69) is 59.3 Å². The van der Waals surface area contributed by atoms with Gasteiger partial charge in [-0.1, -0.05) is 160 Å². The molecule has 0 aromatic rings. The molecule has 0 fully saturated rings. The zero-order valence-electron chi connectivity index (χ0n) is 33.4. The molecule has 0 saturated heterocycles. The standard InChI is InChI=1S/C44H88NO3/c1-6-8-10-12-14-16-18-20-22-24-26-28-30-32-34-36-38-43(45(3,4)5)44(48-41-42(47)40-46)39-37-35-33-31-29-27-25-23-21-19-17-15-13-11-9-7-2/h20-23,42-44,46-47H,6-19,24-41H2,1-5H3/q+1/b22-20-,23-21-. The van der Waals surface area contributed by atoms with Crippen molar-refractivity contribution in [3.05, 3.63) is 24.3 Å². The fourth-order valence-electron chi connectivity index (χ4n) is 6.94. The van der Waals surface area contributed by atoms with Gasteiger partial charge in [-0.15, -0.1) is 0 Å². The van der Waals surface area contributed by atoms with Gasteiger partial charge in [-0.25, -0.2) is 0 Å². The summed E-state index contributed by atoms with van der Waals surface area (Å²) in [6.45, 7) is 4.57. The first-order chi connectivity index (χ1) is 23.4. The molecule has 0 saturated carbocycles. The molecule has 0 heterocycles. The van der Waals surface area contributed by atoms with Crippen molar-refractivity contribution in [1.29, 1.82) is 0 Å². The predicted molar refractivity (Wildman–Crippen MR) is 213 cm³/mol. The number of allylic oxidation sites excluding steroid dienone is 4. The van der Waals surface area contributed by atoms with Crippen LogP contribution in [0.1, 0.15) is 206 Å². The van der Waals surface area contributed by atoms with Crippen molar-refractivity contribution >= 4 is 0 Å². The number of ether oxygens (including phenoxy) is 1. The highest BCUT2D eigenvalue weighted by Crippen LogP contribution is 2.24. The van der Waals surface area contributed by atoms with Crippen LogP contribution in [0.3, 0.4) is 0 Å². The zero-order valence-corrected chi connectivity index (χ0v) is 33.4. The van der Waals surface area contributed by atoms with E-state index in [1.165, 1.54) is 180 Å². The number of hydrogen-bond acceptors (Lipinski definition) is 3. The molecule has 0 aromatic heterocycles. The highest BCUT2D eigenvalue weighted by molar-refractivity contribution is 4.82. The van der Waals surface area contributed by atoms with Crippen LogP contribution in [0.15, 0.2) is 24.3 Å². The van der Waals surface area contributed by atoms with Crippen LogP contribution < -0.4 is 0 Å². The summed E-state index contributed by atoms with van der Waals surface area (Å²) in [5.74, 6) is 0. The molecule has 3 atom stereocenters. The number of likely N-dealkylation sites (N-methyl/N-ethyl adjacent to an activating group) is 1. The molecule has 0 aromatic carbocycles. The monoisotopic (exact) mass is 679 g/mol. The second-order valence-corrected chi connectivity index (χ2v) is 15.8. The number of rotatable bonds is 38. The first-order valence-corrected chi connectivity index (χ1v) is 21.4. The third-order valence-electron chi connectivity index (χ3n) is 10.1. The lowest BCUT2D eigenvalue weighted by atomic mass is 9.95. The van der Waals surface area contributed by atoms with Crippen LogP contribution in [0.5, 0.6) is 0 Å². The summed E-state index contributed by atoms with van der Waals surface area (Å²) in [6, 6.07) is 0.413. The van der Waals surface area contributed by atoms with Gasteiger partial charge in [0, 0.05) is 6.42 Å². The predicted octanol–water partition coefficient (Wildman–Crippen LogP) is 12.7. The Morgan fingerprint density at radius 1 is 0.479 bits per heavy atom. The van der Waals surface area contributed by atoms with Crippen LogP contribution in [0.25, 0.3) is 0 Å². The minimum Gasteiger partial charge on any atom is -0.394 e. The Kier molecular flexibility index (Phi) is 35.6. The van der Waals surface area contributed by atoms with E-state index in [1.54, 1.807) is 0 Å². The van der Waals surface area contributed by atoms with Crippen molar-refractivity contribution in [2.75, 3.05) is 34.4 Å². The van der Waals surface area contributed by atoms with E-state index in [4.69, 9.17) is 4.74 Å². The molecule has 0 radical (unpaired) electrons. The number of unbranched alkanes of at least 4 members (excludes halogenated alkanes) is 24. The van der Waals surface area contributed by atoms with Crippen molar-refractivity contribution < 1.29 is 19.4 Å². The van der Waals surface area contributed by atoms with Gasteiger partial charge in [-0.05, 0) is 64.2 Å². The minimum absolute atomic E-state index is 0.131. The summed E-state index contributed by atoms with van der Waals surface area (Å²) >= 11 is 0. The number of quaternary nitrogens is 1. The van der Waals surface area contributed by atoms with Crippen molar-refractivity contribution in [2.45, 2.75) is 225 Å². The van der Waals surface area contributed by atoms with Crippen LogP contribution in [0, 0.1) is 0 Å². The molecule has 0 aliphatic carbocycles. The third-order valence-corrected chi connectivity index (χ3v) is 10.1. The molecule has 4 heteroatoms. The lowest BCUT2D eigenvalue weighted by molar-refractivity contribution is -0.900. The quantitative estimate of drug-likeness (QED) is 0.0388. The van der Waals surface area contributed by atoms with Gasteiger partial charge in [-0.3, -0.25) is 0 Å². The van der Waals surface area contributed by atoms with Crippen LogP contribution in [0.4, 0.5) is 0 Å². The fraction of sp³-hybridized carbons (Fsp3) is 0.909. The molecule has 0 aliphatic rings. The molecule has 3 unspecified atom stereocenters. The molecule has 48 heavy (non-hydrogen) atoms. The molecule has 286 valence electrons. The van der Waals surface area contributed by atoms with Crippen LogP contribution >= 0.6 is 0 Å². The van der Waals surface area contributed by atoms with Crippen LogP contribution in [-0.4, -0.2) is 67.3 Å². The highest BCUT2D eigenvalue weighted by Gasteiger charge is 2.33. The van der Waals surface area contributed by atoms with Gasteiger partial charge in [0.15, 0.2) is 0 Å². The normalized spacial score (nSPS) is 14.4. The van der Waals surface area contributed by atoms with E-state index in [1.807, 2.05) is 0 Å². The van der Waals surface area contributed by atoms with Gasteiger partial charge in [0.25, 0.3) is 0 Å². The third kappa shape index (κ3) is 32.5. The maximum Gasteiger partial charge on any atom is 0.115 e. The number of aliphatic hydroxyl groups excluding tert-OH is 2. The first kappa shape index (κ1) is 47.3. The van der Waals surface area contributed by atoms with Gasteiger partial charge in [0.05, 0.1) is 34.4 Å². The van der Waals surface area contributed by atoms with E-state index in [-0.39, 0.29) is 19.3 Å². The SMILES string of the molecule is CCCCCCCC/C=C\CCCCCCCCC(OCC(O)CO)C(CCCCCCCC/C=C\CCCCCCCC)[N+](C)(C)C. The Hall–Kier alpha value is -0.680. The lowest BCUT2D eigenvalue weighted by Gasteiger charge is -2.39. The second kappa shape index (κ2) is 36.1. The Morgan fingerprint density at radius 3 is 1.17 bits per heavy atom. The van der Waals surface area contributed by atoms with Gasteiger partial charge in [0.2, 0.25) is 0 Å². The Balaban J connectivity index is 4.23. The summed E-state index contributed by atoms with van der Waals surface area (Å²) in [4.78, 5) is 0. The number of hydrogen-bond donors (Lipinski definition) is 2. The highest BCUT2D eigenvalue weighted by atomic mass is 16.5. The Bertz CT molecular complexity index is 685. The zero-order chi connectivity index (χ0) is 35.4. The van der Waals surface area contributed by atoms with Crippen LogP contribution in [0.2, 0.25) is 0 Å². The van der Waals surface area contributed by atoms with Crippen molar-refractivity contribution in [3.8, 4) is 0 Å². The van der Waals surface area contributed by atoms with Gasteiger partial charge in [-0.2, -0.15) is 0 Å². The second-order valence-electron chi connectivity index (χ2n) is 15.8. The molecule has 2 N–H and O–H groups in total. The molecule has 0 spiro atoms. The molecule has 4 nitrogen and oxygen atoms in total. The van der Waals surface area contributed by atoms with E-state index in [0.717, 1.165) is 17.3 Å². The van der Waals surface area contributed by atoms with Gasteiger partial charge in [0.1, 0.15) is 18.2 Å². The minimum atomic E-state index is -0.786. The van der Waals surface area contributed by atoms with E-state index in [9.17, 15) is 10.2 Å². The average molecular weight is 679 g/mol. The lowest BCUT2D eigenvalue weighted by Crippen LogP contribution is -2.53. The average Bonchev–Trinajstić information content (AvgIpc) is 3.07. The molecule has 0 aliphatic heterocycles. The summed E-state index contributed by atoms with van der Waals surface area (Å²) in [6.07, 6.45) is 48.5. The molecule has 0 bridgehead atoms. The van der Waals surface area contributed by atoms with Gasteiger partial charge < -0.3 is 19.4 Å². The van der Waals surface area contributed by atoms with Crippen molar-refractivity contribution in [2.24, 2.45) is 0 Å². The summed E-state index contributed by atoms with van der Waals surface area (Å²) in [5, 5.41) is 19.4. The Labute approximate surface area is 302 Å².